The van der Waals surface area contributed by atoms with Crippen LogP contribution in [0, 0.1) is 102 Å². The summed E-state index contributed by atoms with van der Waals surface area (Å²) in [7, 11) is 1.78. The number of carbonyl (C=O) groups excluding carboxylic acids is 2. The topological polar surface area (TPSA) is 293 Å². The largest absolute Gasteiger partial charge is 0.293 e. The summed E-state index contributed by atoms with van der Waals surface area (Å²) >= 11 is 13.7. The molecule has 6 aliphatic carbocycles. The van der Waals surface area contributed by atoms with Crippen molar-refractivity contribution in [1.82, 2.24) is 0 Å². The van der Waals surface area contributed by atoms with Gasteiger partial charge in [-0.2, -0.15) is 0 Å². The molecule has 6 aromatic rings. The number of carbonyl (C=O) groups is 2. The smallest absolute Gasteiger partial charge is 0.283 e. The van der Waals surface area contributed by atoms with E-state index in [1.54, 1.807) is 52.0 Å². The maximum Gasteiger partial charge on any atom is 0.283 e. The Kier molecular flexibility index (Phi) is 16.7. The van der Waals surface area contributed by atoms with Crippen molar-refractivity contribution in [3.05, 3.63) is 246 Å². The number of Topliss-reactive ketones (excluding diaryl/α,β-unsaturated/α-hetero) is 2. The first-order chi connectivity index (χ1) is 38.1. The van der Waals surface area contributed by atoms with E-state index in [4.69, 9.17) is 43.4 Å². The van der Waals surface area contributed by atoms with Crippen LogP contribution in [0.15, 0.2) is 84.9 Å². The number of aryl methyl sites for hydroxylation is 6. The molecule has 22 heteroatoms. The monoisotopic (exact) mass is 1140 g/mol. The maximum absolute atomic E-state index is 13.2. The van der Waals surface area contributed by atoms with Gasteiger partial charge in [-0.3, -0.25) is 70.3 Å². The molecule has 0 aromatic heterocycles. The first-order valence-corrected chi connectivity index (χ1v) is 26.8. The summed E-state index contributed by atoms with van der Waals surface area (Å²) in [6.45, 7) is 10.9. The number of nitro groups is 6. The Bertz CT molecular complexity index is 3460. The Morgan fingerprint density at radius 2 is 0.753 bits per heavy atom. The van der Waals surface area contributed by atoms with Crippen molar-refractivity contribution in [1.29, 1.82) is 0 Å². The van der Waals surface area contributed by atoms with Gasteiger partial charge in [-0.1, -0.05) is 71.8 Å². The van der Waals surface area contributed by atoms with Crippen LogP contribution < -0.4 is 0 Å². The van der Waals surface area contributed by atoms with Crippen LogP contribution in [0.3, 0.4) is 0 Å². The first kappa shape index (κ1) is 58.8. The lowest BCUT2D eigenvalue weighted by Gasteiger charge is -2.43. The second-order valence-corrected chi connectivity index (χ2v) is 22.5. The number of nitro benzene ring substituents is 4. The Morgan fingerprint density at radius 3 is 1.09 bits per heavy atom. The Labute approximate surface area is 474 Å². The summed E-state index contributed by atoms with van der Waals surface area (Å²) in [4.78, 5) is 86.7. The van der Waals surface area contributed by atoms with Gasteiger partial charge in [0, 0.05) is 67.9 Å². The zero-order valence-corrected chi connectivity index (χ0v) is 46.9. The molecule has 81 heavy (non-hydrogen) atoms. The number of halogens is 2. The van der Waals surface area contributed by atoms with Gasteiger partial charge >= 0.3 is 0 Å². The van der Waals surface area contributed by atoms with Gasteiger partial charge in [-0.05, 0) is 153 Å². The number of rotatable bonds is 4. The third kappa shape index (κ3) is 11.3. The summed E-state index contributed by atoms with van der Waals surface area (Å²) < 4.78 is 0. The van der Waals surface area contributed by atoms with Crippen LogP contribution in [0.5, 0.6) is 0 Å². The molecule has 6 bridgehead atoms. The molecule has 0 aliphatic heterocycles. The van der Waals surface area contributed by atoms with Crippen molar-refractivity contribution in [3.8, 4) is 0 Å². The molecule has 0 spiro atoms. The Hall–Kier alpha value is -8.36. The highest BCUT2D eigenvalue weighted by molar-refractivity contribution is 6.23. The first-order valence-electron chi connectivity index (χ1n) is 26.0. The van der Waals surface area contributed by atoms with Crippen molar-refractivity contribution in [2.24, 2.45) is 0 Å². The molecule has 6 aliphatic rings. The van der Waals surface area contributed by atoms with E-state index in [0.717, 1.165) is 62.0 Å². The maximum atomic E-state index is 13.2. The number of benzene rings is 6. The van der Waals surface area contributed by atoms with Gasteiger partial charge in [0.15, 0.2) is 25.7 Å². The molecule has 20 nitrogen and oxygen atoms in total. The van der Waals surface area contributed by atoms with Gasteiger partial charge in [-0.15, -0.1) is 23.2 Å². The van der Waals surface area contributed by atoms with Crippen LogP contribution >= 0.6 is 23.2 Å². The van der Waals surface area contributed by atoms with Gasteiger partial charge in [0.25, 0.3) is 22.7 Å². The second kappa shape index (κ2) is 23.0. The molecule has 0 saturated carbocycles. The number of hydrogen-bond acceptors (Lipinski definition) is 14. The Balaban J connectivity index is 0.000000150. The predicted octanol–water partition coefficient (Wildman–Crippen LogP) is 14.2. The number of fused-ring (bicyclic) bond motifs is 18. The average molecular weight is 1140 g/mol. The van der Waals surface area contributed by atoms with Gasteiger partial charge in [0.1, 0.15) is 11.1 Å². The number of ketones is 2. The standard InChI is InChI=1S/C19H18Cl2.C19H14N2O6.C19H18N2O4.2CH3NO2/c1-10-3-5-12-14(7-10)18(20)17-9-16(12)19(21)15-8-11(2)4-6-13(15)17;1-8-3-5-10-12-7-13(18(22)14(10)16(8)20(24)25)11-6-4-9(2)17(21(26)27)15(11)19(12)23;1-10-3-12-5-14-7-15(16(12)8-18(10)20(22)23)6-13-4-11(2)19(21(24)25)9-17(13)14;2*1-2(3)4/h3-8,16-19H,9H2,1-2H3;3-6,12-13H,7H2,1-2H3;3-4,8-9,14-15H,5-7H2,1-2H3;2*1H3. The summed E-state index contributed by atoms with van der Waals surface area (Å²) in [5, 5.41) is 63.4. The lowest BCUT2D eigenvalue weighted by atomic mass is 9.64. The molecule has 6 aromatic carbocycles. The number of hydrogen-bond donors (Lipinski definition) is 0. The summed E-state index contributed by atoms with van der Waals surface area (Å²) in [6.07, 6.45) is 3.72. The third-order valence-electron chi connectivity index (χ3n) is 16.3. The quantitative estimate of drug-likeness (QED) is 0.0901. The van der Waals surface area contributed by atoms with E-state index >= 15 is 0 Å². The molecule has 8 atom stereocenters. The molecule has 0 N–H and O–H groups in total. The highest BCUT2D eigenvalue weighted by atomic mass is 35.5. The van der Waals surface area contributed by atoms with Crippen LogP contribution in [0.25, 0.3) is 0 Å². The number of nitrogens with zero attached hydrogens (tertiary/aromatic N) is 6. The summed E-state index contributed by atoms with van der Waals surface area (Å²) in [6, 6.07) is 26.8. The molecule has 0 amide bonds. The van der Waals surface area contributed by atoms with Crippen molar-refractivity contribution in [2.45, 2.75) is 120 Å². The van der Waals surface area contributed by atoms with Gasteiger partial charge in [0.2, 0.25) is 0 Å². The molecule has 12 rings (SSSR count). The fourth-order valence-electron chi connectivity index (χ4n) is 12.9. The third-order valence-corrected chi connectivity index (χ3v) is 17.4. The van der Waals surface area contributed by atoms with E-state index in [1.807, 2.05) is 12.1 Å². The molecule has 0 radical (unpaired) electrons. The minimum Gasteiger partial charge on any atom is -0.293 e. The van der Waals surface area contributed by atoms with E-state index in [9.17, 15) is 50.0 Å². The number of alkyl halides is 2. The van der Waals surface area contributed by atoms with Crippen molar-refractivity contribution in [2.75, 3.05) is 14.1 Å². The molecule has 0 saturated heterocycles. The van der Waals surface area contributed by atoms with Crippen LogP contribution in [0.2, 0.25) is 0 Å². The van der Waals surface area contributed by atoms with E-state index < -0.39 is 43.1 Å². The van der Waals surface area contributed by atoms with Crippen molar-refractivity contribution >= 4 is 57.5 Å². The summed E-state index contributed by atoms with van der Waals surface area (Å²) in [5.41, 5.74) is 14.6. The zero-order valence-electron chi connectivity index (χ0n) is 45.4. The zero-order chi connectivity index (χ0) is 59.4. The fraction of sp³-hybridized carbons (Fsp3) is 0.356. The van der Waals surface area contributed by atoms with Gasteiger partial charge < -0.3 is 0 Å². The second-order valence-electron chi connectivity index (χ2n) is 21.6. The van der Waals surface area contributed by atoms with Crippen LogP contribution in [-0.4, -0.2) is 55.2 Å². The molecular weight excluding hydrogens is 1090 g/mol. The summed E-state index contributed by atoms with van der Waals surface area (Å²) in [5.74, 6) is -1.23. The fourth-order valence-corrected chi connectivity index (χ4v) is 13.8. The predicted molar refractivity (Wildman–Crippen MR) is 303 cm³/mol. The molecule has 0 heterocycles. The minimum absolute atomic E-state index is 0.0384. The van der Waals surface area contributed by atoms with E-state index in [1.165, 1.54) is 45.5 Å². The van der Waals surface area contributed by atoms with E-state index in [2.05, 4.69) is 50.2 Å². The highest BCUT2D eigenvalue weighted by Gasteiger charge is 2.50. The highest BCUT2D eigenvalue weighted by Crippen LogP contribution is 2.60. The van der Waals surface area contributed by atoms with Crippen molar-refractivity contribution in [3.63, 3.8) is 0 Å². The molecular formula is C59H56Cl2N6O14. The van der Waals surface area contributed by atoms with E-state index in [0.29, 0.717) is 45.2 Å². The van der Waals surface area contributed by atoms with Crippen molar-refractivity contribution < 1.29 is 39.1 Å². The van der Waals surface area contributed by atoms with Crippen LogP contribution in [0.1, 0.15) is 175 Å². The van der Waals surface area contributed by atoms with Gasteiger partial charge in [-0.25, -0.2) is 0 Å². The molecule has 420 valence electrons. The lowest BCUT2D eigenvalue weighted by molar-refractivity contribution is -0.445. The average Bonchev–Trinajstić information content (AvgIpc) is 3.58. The molecule has 0 fully saturated rings. The van der Waals surface area contributed by atoms with Crippen LogP contribution in [0.4, 0.5) is 22.7 Å². The minimum atomic E-state index is -0.796. The SMILES string of the molecule is C[N+](=O)[O-].C[N+](=O)[O-].Cc1cc2c(cc1[N+](=O)[O-])C1Cc3cc(C)c([N+](=O)[O-])cc3C(C2)C1.Cc1ccc2c(c1)C(Cl)C1CC2C(Cl)c2cc(C)ccc21.Cc1ccc2c(c1[N+](=O)[O-])C(=O)C1CC2C(=O)c2c1ccc(C)c2[N+](=O)[O-]. The van der Waals surface area contributed by atoms with E-state index in [-0.39, 0.29) is 72.7 Å². The Morgan fingerprint density at radius 1 is 0.407 bits per heavy atom. The lowest BCUT2D eigenvalue weighted by Crippen LogP contribution is -2.35. The normalized spacial score (nSPS) is 21.4. The van der Waals surface area contributed by atoms with Gasteiger partial charge in [0.05, 0.1) is 30.4 Å². The van der Waals surface area contributed by atoms with Crippen LogP contribution in [-0.2, 0) is 12.8 Å². The molecule has 8 unspecified atom stereocenters.